The van der Waals surface area contributed by atoms with E-state index in [1.165, 1.54) is 51.4 Å². The summed E-state index contributed by atoms with van der Waals surface area (Å²) in [6.45, 7) is 4.64. The molecule has 1 rings (SSSR count). The van der Waals surface area contributed by atoms with Crippen LogP contribution in [0.4, 0.5) is 0 Å². The molecule has 0 amide bonds. The highest BCUT2D eigenvalue weighted by molar-refractivity contribution is 4.80. The number of nitrogens with one attached hydrogen (secondary N) is 1. The van der Waals surface area contributed by atoms with E-state index in [-0.39, 0.29) is 0 Å². The Morgan fingerprint density at radius 3 is 2.27 bits per heavy atom. The van der Waals surface area contributed by atoms with Crippen LogP contribution >= 0.6 is 0 Å². The Kier molecular flexibility index (Phi) is 6.31. The van der Waals surface area contributed by atoms with Gasteiger partial charge >= 0.3 is 0 Å². The Bertz CT molecular complexity index is 147. The van der Waals surface area contributed by atoms with Gasteiger partial charge in [-0.1, -0.05) is 46.0 Å². The summed E-state index contributed by atoms with van der Waals surface area (Å²) in [6, 6.07) is 0.794. The van der Waals surface area contributed by atoms with Gasteiger partial charge in [0.05, 0.1) is 0 Å². The molecule has 1 N–H and O–H groups in total. The fourth-order valence-corrected chi connectivity index (χ4v) is 3.04. The first kappa shape index (κ1) is 13.0. The van der Waals surface area contributed by atoms with Crippen molar-refractivity contribution in [2.24, 2.45) is 11.8 Å². The van der Waals surface area contributed by atoms with E-state index in [1.54, 1.807) is 0 Å². The molecule has 0 saturated heterocycles. The lowest BCUT2D eigenvalue weighted by Gasteiger charge is -2.33. The second kappa shape index (κ2) is 7.27. The van der Waals surface area contributed by atoms with E-state index in [2.05, 4.69) is 26.2 Å². The number of unbranched alkanes of at least 4 members (excludes halogenated alkanes) is 1. The smallest absolute Gasteiger partial charge is 0.00923 e. The van der Waals surface area contributed by atoms with Gasteiger partial charge in [-0.05, 0) is 38.1 Å². The quantitative estimate of drug-likeness (QED) is 0.700. The zero-order valence-corrected chi connectivity index (χ0v) is 10.9. The van der Waals surface area contributed by atoms with Crippen molar-refractivity contribution < 1.29 is 0 Å². The van der Waals surface area contributed by atoms with E-state index in [0.29, 0.717) is 0 Å². The maximum atomic E-state index is 3.54. The standard InChI is InChI=1S/C14H29N/c1-4-6-7-14(15-3)13-10-8-12(5-2)9-11-13/h12-15H,4-11H2,1-3H3. The predicted octanol–water partition coefficient (Wildman–Crippen LogP) is 3.98. The minimum Gasteiger partial charge on any atom is -0.317 e. The molecule has 1 heteroatoms. The van der Waals surface area contributed by atoms with Gasteiger partial charge in [-0.3, -0.25) is 0 Å². The van der Waals surface area contributed by atoms with Crippen molar-refractivity contribution in [3.63, 3.8) is 0 Å². The van der Waals surface area contributed by atoms with E-state index in [9.17, 15) is 0 Å². The fraction of sp³-hybridized carbons (Fsp3) is 1.00. The molecule has 15 heavy (non-hydrogen) atoms. The predicted molar refractivity (Wildman–Crippen MR) is 68.1 cm³/mol. The van der Waals surface area contributed by atoms with Gasteiger partial charge in [0, 0.05) is 6.04 Å². The van der Waals surface area contributed by atoms with Crippen molar-refractivity contribution in [3.8, 4) is 0 Å². The van der Waals surface area contributed by atoms with Gasteiger partial charge in [0.15, 0.2) is 0 Å². The van der Waals surface area contributed by atoms with Crippen molar-refractivity contribution in [3.05, 3.63) is 0 Å². The van der Waals surface area contributed by atoms with Gasteiger partial charge in [0.1, 0.15) is 0 Å². The van der Waals surface area contributed by atoms with E-state index in [4.69, 9.17) is 0 Å². The molecule has 0 aromatic heterocycles. The molecule has 1 fully saturated rings. The highest BCUT2D eigenvalue weighted by Gasteiger charge is 2.25. The SMILES string of the molecule is CCCCC(NC)C1CCC(CC)CC1. The lowest BCUT2D eigenvalue weighted by molar-refractivity contribution is 0.214. The first-order valence-corrected chi connectivity index (χ1v) is 6.99. The average molecular weight is 211 g/mol. The van der Waals surface area contributed by atoms with E-state index >= 15 is 0 Å². The van der Waals surface area contributed by atoms with Crippen LogP contribution in [0.15, 0.2) is 0 Å². The van der Waals surface area contributed by atoms with Gasteiger partial charge in [0.2, 0.25) is 0 Å². The summed E-state index contributed by atoms with van der Waals surface area (Å²) in [6.07, 6.45) is 11.4. The summed E-state index contributed by atoms with van der Waals surface area (Å²) >= 11 is 0. The fourth-order valence-electron chi connectivity index (χ4n) is 3.04. The third-order valence-electron chi connectivity index (χ3n) is 4.28. The number of hydrogen-bond acceptors (Lipinski definition) is 1. The largest absolute Gasteiger partial charge is 0.317 e. The molecule has 1 aliphatic rings. The van der Waals surface area contributed by atoms with Crippen molar-refractivity contribution in [1.29, 1.82) is 0 Å². The Morgan fingerprint density at radius 2 is 1.80 bits per heavy atom. The van der Waals surface area contributed by atoms with Crippen LogP contribution < -0.4 is 5.32 Å². The van der Waals surface area contributed by atoms with E-state index in [1.807, 2.05) is 0 Å². The van der Waals surface area contributed by atoms with Crippen LogP contribution in [0, 0.1) is 11.8 Å². The van der Waals surface area contributed by atoms with Gasteiger partial charge < -0.3 is 5.32 Å². The second-order valence-corrected chi connectivity index (χ2v) is 5.23. The van der Waals surface area contributed by atoms with Crippen LogP contribution in [0.25, 0.3) is 0 Å². The molecule has 1 unspecified atom stereocenters. The van der Waals surface area contributed by atoms with Crippen molar-refractivity contribution in [2.75, 3.05) is 7.05 Å². The highest BCUT2D eigenvalue weighted by atomic mass is 14.9. The Morgan fingerprint density at radius 1 is 1.13 bits per heavy atom. The van der Waals surface area contributed by atoms with Gasteiger partial charge in [-0.15, -0.1) is 0 Å². The van der Waals surface area contributed by atoms with Crippen molar-refractivity contribution >= 4 is 0 Å². The highest BCUT2D eigenvalue weighted by Crippen LogP contribution is 2.33. The third kappa shape index (κ3) is 4.14. The van der Waals surface area contributed by atoms with Crippen LogP contribution in [0.1, 0.15) is 65.2 Å². The molecule has 0 radical (unpaired) electrons. The summed E-state index contributed by atoms with van der Waals surface area (Å²) in [5, 5.41) is 3.54. The number of rotatable bonds is 6. The summed E-state index contributed by atoms with van der Waals surface area (Å²) in [5.74, 6) is 1.99. The summed E-state index contributed by atoms with van der Waals surface area (Å²) in [4.78, 5) is 0. The van der Waals surface area contributed by atoms with Crippen LogP contribution in [-0.4, -0.2) is 13.1 Å². The molecule has 1 nitrogen and oxygen atoms in total. The van der Waals surface area contributed by atoms with Crippen LogP contribution in [0.2, 0.25) is 0 Å². The maximum absolute atomic E-state index is 3.54. The molecule has 0 bridgehead atoms. The molecule has 0 spiro atoms. The van der Waals surface area contributed by atoms with E-state index < -0.39 is 0 Å². The van der Waals surface area contributed by atoms with Gasteiger partial charge in [-0.25, -0.2) is 0 Å². The molecule has 0 aliphatic heterocycles. The molecule has 0 heterocycles. The molecule has 1 saturated carbocycles. The molecule has 90 valence electrons. The third-order valence-corrected chi connectivity index (χ3v) is 4.28. The second-order valence-electron chi connectivity index (χ2n) is 5.23. The van der Waals surface area contributed by atoms with Gasteiger partial charge in [-0.2, -0.15) is 0 Å². The zero-order chi connectivity index (χ0) is 11.1. The Labute approximate surface area is 96.0 Å². The van der Waals surface area contributed by atoms with Crippen molar-refractivity contribution in [2.45, 2.75) is 71.3 Å². The average Bonchev–Trinajstić information content (AvgIpc) is 2.31. The number of hydrogen-bond donors (Lipinski definition) is 1. The molecule has 0 aromatic carbocycles. The first-order valence-electron chi connectivity index (χ1n) is 6.99. The van der Waals surface area contributed by atoms with Crippen LogP contribution in [0.3, 0.4) is 0 Å². The molecule has 0 aromatic rings. The maximum Gasteiger partial charge on any atom is 0.00923 e. The minimum atomic E-state index is 0.794. The lowest BCUT2D eigenvalue weighted by atomic mass is 9.76. The molecular formula is C14H29N. The monoisotopic (exact) mass is 211 g/mol. The Hall–Kier alpha value is -0.0400. The normalized spacial score (nSPS) is 29.0. The molecule has 1 atom stereocenters. The Balaban J connectivity index is 2.29. The summed E-state index contributed by atoms with van der Waals surface area (Å²) in [7, 11) is 2.15. The van der Waals surface area contributed by atoms with E-state index in [0.717, 1.165) is 17.9 Å². The summed E-state index contributed by atoms with van der Waals surface area (Å²) in [5.41, 5.74) is 0. The summed E-state index contributed by atoms with van der Waals surface area (Å²) < 4.78 is 0. The molecule has 1 aliphatic carbocycles. The van der Waals surface area contributed by atoms with Crippen molar-refractivity contribution in [1.82, 2.24) is 5.32 Å². The van der Waals surface area contributed by atoms with Crippen LogP contribution in [0.5, 0.6) is 0 Å². The van der Waals surface area contributed by atoms with Crippen LogP contribution in [-0.2, 0) is 0 Å². The zero-order valence-electron chi connectivity index (χ0n) is 10.9. The van der Waals surface area contributed by atoms with Gasteiger partial charge in [0.25, 0.3) is 0 Å². The minimum absolute atomic E-state index is 0.794. The lowest BCUT2D eigenvalue weighted by Crippen LogP contribution is -2.35. The first-order chi connectivity index (χ1) is 7.31. The molecular weight excluding hydrogens is 182 g/mol. The topological polar surface area (TPSA) is 12.0 Å².